The number of esters is 1. The lowest BCUT2D eigenvalue weighted by atomic mass is 9.81. The number of hydrogen-bond donors (Lipinski definition) is 0. The highest BCUT2D eigenvalue weighted by molar-refractivity contribution is 6.35. The van der Waals surface area contributed by atoms with Crippen molar-refractivity contribution in [1.82, 2.24) is 4.90 Å². The van der Waals surface area contributed by atoms with Crippen LogP contribution in [0.2, 0.25) is 5.02 Å². The normalized spacial score (nSPS) is 15.3. The Balaban J connectivity index is 1.55. The van der Waals surface area contributed by atoms with Crippen LogP contribution in [-0.2, 0) is 14.3 Å². The predicted molar refractivity (Wildman–Crippen MR) is 110 cm³/mol. The Morgan fingerprint density at radius 3 is 2.48 bits per heavy atom. The second-order valence-corrected chi connectivity index (χ2v) is 7.60. The van der Waals surface area contributed by atoms with E-state index in [9.17, 15) is 14.9 Å². The first-order chi connectivity index (χ1) is 14.0. The van der Waals surface area contributed by atoms with Crippen molar-refractivity contribution in [2.45, 2.75) is 37.6 Å². The van der Waals surface area contributed by atoms with Crippen LogP contribution < -0.4 is 4.74 Å². The van der Waals surface area contributed by atoms with Gasteiger partial charge in [-0.25, -0.2) is 4.79 Å². The largest absolute Gasteiger partial charge is 0.481 e. The van der Waals surface area contributed by atoms with Gasteiger partial charge in [-0.15, -0.1) is 0 Å². The van der Waals surface area contributed by atoms with Crippen molar-refractivity contribution < 1.29 is 19.1 Å². The van der Waals surface area contributed by atoms with Gasteiger partial charge >= 0.3 is 5.97 Å². The summed E-state index contributed by atoms with van der Waals surface area (Å²) < 4.78 is 10.6. The molecule has 6 nitrogen and oxygen atoms in total. The van der Waals surface area contributed by atoms with Crippen molar-refractivity contribution in [3.63, 3.8) is 0 Å². The third-order valence-corrected chi connectivity index (χ3v) is 5.77. The lowest BCUT2D eigenvalue weighted by Crippen LogP contribution is -2.51. The van der Waals surface area contributed by atoms with Crippen LogP contribution in [0.4, 0.5) is 0 Å². The third kappa shape index (κ3) is 4.63. The van der Waals surface area contributed by atoms with Gasteiger partial charge in [-0.2, -0.15) is 5.26 Å². The van der Waals surface area contributed by atoms with Crippen LogP contribution >= 0.6 is 11.6 Å². The minimum atomic E-state index is -0.805. The number of ether oxygens (including phenoxy) is 2. The van der Waals surface area contributed by atoms with Gasteiger partial charge in [-0.05, 0) is 25.0 Å². The Labute approximate surface area is 174 Å². The summed E-state index contributed by atoms with van der Waals surface area (Å²) in [5.74, 6) is -0.532. The topological polar surface area (TPSA) is 79.6 Å². The van der Waals surface area contributed by atoms with Crippen LogP contribution in [0.1, 0.15) is 32.1 Å². The van der Waals surface area contributed by atoms with Crippen molar-refractivity contribution in [2.75, 3.05) is 20.3 Å². The molecule has 1 fully saturated rings. The smallest absolute Gasteiger partial charge is 0.344 e. The first-order valence-electron chi connectivity index (χ1n) is 9.60. The Morgan fingerprint density at radius 2 is 1.79 bits per heavy atom. The summed E-state index contributed by atoms with van der Waals surface area (Å²) in [7, 11) is 1.60. The van der Waals surface area contributed by atoms with Gasteiger partial charge in [0.1, 0.15) is 11.3 Å². The molecule has 1 saturated carbocycles. The molecule has 2 aromatic rings. The molecular formula is C22H23ClN2O4. The number of halogens is 1. The molecule has 0 aromatic heterocycles. The highest BCUT2D eigenvalue weighted by Gasteiger charge is 2.38. The summed E-state index contributed by atoms with van der Waals surface area (Å²) in [5, 5.41) is 11.8. The van der Waals surface area contributed by atoms with Gasteiger partial charge in [0.05, 0.1) is 6.07 Å². The van der Waals surface area contributed by atoms with Gasteiger partial charge in [0.2, 0.25) is 0 Å². The molecule has 0 bridgehead atoms. The summed E-state index contributed by atoms with van der Waals surface area (Å²) in [6.07, 6.45) is 4.18. The van der Waals surface area contributed by atoms with Crippen LogP contribution in [0.15, 0.2) is 36.4 Å². The molecule has 1 aliphatic carbocycles. The van der Waals surface area contributed by atoms with Gasteiger partial charge < -0.3 is 14.4 Å². The number of rotatable bonds is 6. The lowest BCUT2D eigenvalue weighted by Gasteiger charge is -2.38. The zero-order valence-electron chi connectivity index (χ0n) is 16.3. The molecule has 3 rings (SSSR count). The zero-order chi connectivity index (χ0) is 20.9. The molecule has 152 valence electrons. The predicted octanol–water partition coefficient (Wildman–Crippen LogP) is 4.10. The SMILES string of the molecule is CN(C(=O)COC(=O)COc1ccc(Cl)c2ccccc12)C1(C#N)CCCCC1. The third-order valence-electron chi connectivity index (χ3n) is 5.44. The number of nitrogens with zero attached hydrogens (tertiary/aromatic N) is 2. The van der Waals surface area contributed by atoms with E-state index in [0.29, 0.717) is 23.6 Å². The van der Waals surface area contributed by atoms with E-state index in [1.165, 1.54) is 4.90 Å². The van der Waals surface area contributed by atoms with Crippen molar-refractivity contribution in [3.8, 4) is 11.8 Å². The van der Waals surface area contributed by atoms with E-state index < -0.39 is 24.0 Å². The molecule has 0 atom stereocenters. The quantitative estimate of drug-likeness (QED) is 0.665. The first-order valence-corrected chi connectivity index (χ1v) is 9.98. The maximum absolute atomic E-state index is 12.4. The Hall–Kier alpha value is -2.78. The van der Waals surface area contributed by atoms with Gasteiger partial charge in [0.15, 0.2) is 13.2 Å². The summed E-state index contributed by atoms with van der Waals surface area (Å²) in [5.41, 5.74) is -0.805. The fourth-order valence-electron chi connectivity index (χ4n) is 3.68. The highest BCUT2D eigenvalue weighted by Crippen LogP contribution is 2.33. The maximum Gasteiger partial charge on any atom is 0.344 e. The zero-order valence-corrected chi connectivity index (χ0v) is 17.1. The van der Waals surface area contributed by atoms with E-state index in [1.807, 2.05) is 24.3 Å². The second kappa shape index (κ2) is 9.15. The van der Waals surface area contributed by atoms with E-state index in [2.05, 4.69) is 6.07 Å². The Kier molecular flexibility index (Phi) is 6.60. The monoisotopic (exact) mass is 414 g/mol. The number of fused-ring (bicyclic) bond motifs is 1. The molecule has 1 amide bonds. The minimum absolute atomic E-state index is 0.327. The number of benzene rings is 2. The van der Waals surface area contributed by atoms with Crippen LogP contribution in [0.25, 0.3) is 10.8 Å². The fourth-order valence-corrected chi connectivity index (χ4v) is 3.90. The van der Waals surface area contributed by atoms with Crippen molar-refractivity contribution in [2.24, 2.45) is 0 Å². The Morgan fingerprint density at radius 1 is 1.10 bits per heavy atom. The van der Waals surface area contributed by atoms with Gasteiger partial charge in [-0.1, -0.05) is 55.1 Å². The average molecular weight is 415 g/mol. The van der Waals surface area contributed by atoms with Gasteiger partial charge in [-0.3, -0.25) is 4.79 Å². The molecule has 0 heterocycles. The van der Waals surface area contributed by atoms with Crippen LogP contribution in [0.5, 0.6) is 5.75 Å². The van der Waals surface area contributed by atoms with E-state index in [0.717, 1.165) is 30.0 Å². The Bertz CT molecular complexity index is 947. The molecule has 1 aliphatic rings. The number of carbonyl (C=O) groups excluding carboxylic acids is 2. The maximum atomic E-state index is 12.4. The fraction of sp³-hybridized carbons (Fsp3) is 0.409. The van der Waals surface area contributed by atoms with E-state index >= 15 is 0 Å². The van der Waals surface area contributed by atoms with Crippen LogP contribution in [0.3, 0.4) is 0 Å². The molecule has 0 N–H and O–H groups in total. The number of carbonyl (C=O) groups is 2. The summed E-state index contributed by atoms with van der Waals surface area (Å²) >= 11 is 6.18. The van der Waals surface area contributed by atoms with Crippen LogP contribution in [-0.4, -0.2) is 42.6 Å². The number of hydrogen-bond acceptors (Lipinski definition) is 5. The summed E-state index contributed by atoms with van der Waals surface area (Å²) in [6, 6.07) is 13.1. The number of likely N-dealkylation sites (N-methyl/N-ethyl adjacent to an activating group) is 1. The molecule has 0 saturated heterocycles. The number of amides is 1. The average Bonchev–Trinajstić information content (AvgIpc) is 2.77. The number of nitriles is 1. The molecule has 7 heteroatoms. The molecule has 0 unspecified atom stereocenters. The molecule has 29 heavy (non-hydrogen) atoms. The standard InChI is InChI=1S/C22H23ClN2O4/c1-25(22(15-24)11-5-2-6-12-22)20(26)13-29-21(27)14-28-19-10-9-18(23)16-7-3-4-8-17(16)19/h3-4,7-10H,2,5-6,11-14H2,1H3. The molecule has 0 spiro atoms. The molecular weight excluding hydrogens is 392 g/mol. The van der Waals surface area contributed by atoms with Gasteiger partial charge in [0, 0.05) is 22.8 Å². The molecule has 2 aromatic carbocycles. The van der Waals surface area contributed by atoms with Gasteiger partial charge in [0.25, 0.3) is 5.91 Å². The second-order valence-electron chi connectivity index (χ2n) is 7.20. The van der Waals surface area contributed by atoms with Crippen molar-refractivity contribution in [1.29, 1.82) is 5.26 Å². The van der Waals surface area contributed by atoms with E-state index in [-0.39, 0.29) is 6.61 Å². The van der Waals surface area contributed by atoms with Crippen molar-refractivity contribution in [3.05, 3.63) is 41.4 Å². The first kappa shape index (κ1) is 20.9. The lowest BCUT2D eigenvalue weighted by molar-refractivity contribution is -0.155. The van der Waals surface area contributed by atoms with Crippen molar-refractivity contribution >= 4 is 34.2 Å². The summed E-state index contributed by atoms with van der Waals surface area (Å²) in [4.78, 5) is 25.9. The summed E-state index contributed by atoms with van der Waals surface area (Å²) in [6.45, 7) is -0.741. The van der Waals surface area contributed by atoms with Crippen LogP contribution in [0, 0.1) is 11.3 Å². The van der Waals surface area contributed by atoms with E-state index in [4.69, 9.17) is 21.1 Å². The highest BCUT2D eigenvalue weighted by atomic mass is 35.5. The molecule has 0 radical (unpaired) electrons. The molecule has 0 aliphatic heterocycles. The van der Waals surface area contributed by atoms with E-state index in [1.54, 1.807) is 19.2 Å². The minimum Gasteiger partial charge on any atom is -0.481 e.